The van der Waals surface area contributed by atoms with Gasteiger partial charge in [-0.2, -0.15) is 0 Å². The molecule has 0 aliphatic rings. The first kappa shape index (κ1) is 78.3. The molecule has 0 heterocycles. The molecule has 0 aromatic rings. The number of carbonyl (C=O) groups excluding carboxylic acids is 2. The van der Waals surface area contributed by atoms with Crippen LogP contribution in [0.25, 0.3) is 0 Å². The van der Waals surface area contributed by atoms with Crippen LogP contribution in [0.1, 0.15) is 335 Å². The first-order valence-corrected chi connectivity index (χ1v) is 35.1. The molecule has 1 N–H and O–H groups in total. The van der Waals surface area contributed by atoms with Crippen LogP contribution in [0.4, 0.5) is 0 Å². The number of allylic oxidation sites excluding steroid dienone is 20. The Hall–Kier alpha value is -3.70. The van der Waals surface area contributed by atoms with Crippen LogP contribution in [-0.4, -0.2) is 36.4 Å². The van der Waals surface area contributed by atoms with Gasteiger partial charge in [0, 0.05) is 12.8 Å². The fraction of sp³-hybridized carbons (Fsp3) is 0.714. The number of aliphatic hydroxyl groups is 1. The van der Waals surface area contributed by atoms with Crippen molar-refractivity contribution >= 4 is 11.9 Å². The molecule has 0 radical (unpaired) electrons. The zero-order valence-corrected chi connectivity index (χ0v) is 54.0. The lowest BCUT2D eigenvalue weighted by Gasteiger charge is -2.15. The van der Waals surface area contributed by atoms with Crippen molar-refractivity contribution < 1.29 is 24.2 Å². The van der Waals surface area contributed by atoms with Gasteiger partial charge in [0.1, 0.15) is 6.61 Å². The van der Waals surface area contributed by atoms with Crippen molar-refractivity contribution in [1.29, 1.82) is 0 Å². The maximum atomic E-state index is 12.3. The smallest absolute Gasteiger partial charge is 0.306 e. The Morgan fingerprint density at radius 3 is 0.817 bits per heavy atom. The predicted molar refractivity (Wildman–Crippen MR) is 362 cm³/mol. The van der Waals surface area contributed by atoms with Gasteiger partial charge in [0.2, 0.25) is 0 Å². The van der Waals surface area contributed by atoms with E-state index in [1.165, 1.54) is 205 Å². The Balaban J connectivity index is 3.51. The topological polar surface area (TPSA) is 72.8 Å². The average Bonchev–Trinajstić information content (AvgIpc) is 3.49. The lowest BCUT2D eigenvalue weighted by molar-refractivity contribution is -0.161. The van der Waals surface area contributed by atoms with Gasteiger partial charge in [0.05, 0.1) is 6.61 Å². The molecule has 0 spiro atoms. The van der Waals surface area contributed by atoms with Crippen molar-refractivity contribution in [2.75, 3.05) is 13.2 Å². The van der Waals surface area contributed by atoms with Gasteiger partial charge in [-0.25, -0.2) is 0 Å². The third kappa shape index (κ3) is 68.8. The molecule has 0 bridgehead atoms. The summed E-state index contributed by atoms with van der Waals surface area (Å²) in [6.07, 6.45) is 105. The Kier molecular flexibility index (Phi) is 68.3. The molecular weight excluding hydrogens is 1000 g/mol. The fourth-order valence-corrected chi connectivity index (χ4v) is 10.0. The van der Waals surface area contributed by atoms with Crippen molar-refractivity contribution in [3.63, 3.8) is 0 Å². The Bertz CT molecular complexity index is 1620. The molecule has 0 aliphatic carbocycles. The van der Waals surface area contributed by atoms with Crippen LogP contribution in [0.2, 0.25) is 0 Å². The van der Waals surface area contributed by atoms with Gasteiger partial charge in [-0.1, -0.05) is 334 Å². The zero-order valence-electron chi connectivity index (χ0n) is 54.0. The highest BCUT2D eigenvalue weighted by atomic mass is 16.6. The van der Waals surface area contributed by atoms with Gasteiger partial charge in [-0.3, -0.25) is 9.59 Å². The first-order valence-electron chi connectivity index (χ1n) is 35.1. The minimum absolute atomic E-state index is 0.0837. The molecule has 0 aromatic heterocycles. The van der Waals surface area contributed by atoms with Gasteiger partial charge in [-0.15, -0.1) is 0 Å². The molecule has 0 saturated carbocycles. The number of unbranched alkanes of at least 4 members (excludes halogenated alkanes) is 36. The quantitative estimate of drug-likeness (QED) is 0.0373. The molecule has 0 amide bonds. The number of hydrogen-bond donors (Lipinski definition) is 1. The largest absolute Gasteiger partial charge is 0.462 e. The number of aliphatic hydroxyl groups excluding tert-OH is 1. The summed E-state index contributed by atoms with van der Waals surface area (Å²) in [6.45, 7) is 4.03. The summed E-state index contributed by atoms with van der Waals surface area (Å²) in [7, 11) is 0. The van der Waals surface area contributed by atoms with Crippen LogP contribution < -0.4 is 0 Å². The van der Waals surface area contributed by atoms with E-state index in [9.17, 15) is 14.7 Å². The molecule has 5 heteroatoms. The second-order valence-corrected chi connectivity index (χ2v) is 23.2. The molecule has 0 aliphatic heterocycles. The van der Waals surface area contributed by atoms with Crippen LogP contribution in [0.3, 0.4) is 0 Å². The highest BCUT2D eigenvalue weighted by Crippen LogP contribution is 2.18. The van der Waals surface area contributed by atoms with Crippen molar-refractivity contribution in [2.24, 2.45) is 0 Å². The van der Waals surface area contributed by atoms with Crippen LogP contribution >= 0.6 is 0 Å². The summed E-state index contributed by atoms with van der Waals surface area (Å²) in [5, 5.41) is 9.69. The Labute approximate surface area is 509 Å². The van der Waals surface area contributed by atoms with E-state index in [1.807, 2.05) is 0 Å². The second-order valence-electron chi connectivity index (χ2n) is 23.2. The molecule has 0 rings (SSSR count). The van der Waals surface area contributed by atoms with Crippen molar-refractivity contribution in [1.82, 2.24) is 0 Å². The molecule has 470 valence electrons. The van der Waals surface area contributed by atoms with E-state index in [0.717, 1.165) is 103 Å². The molecule has 0 fully saturated rings. The highest BCUT2D eigenvalue weighted by Gasteiger charge is 2.16. The lowest BCUT2D eigenvalue weighted by atomic mass is 10.0. The molecule has 0 saturated heterocycles. The average molecular weight is 1140 g/mol. The molecule has 5 nitrogen and oxygen atoms in total. The minimum Gasteiger partial charge on any atom is -0.462 e. The SMILES string of the molecule is CC/C=C\C/C=C\C/C=C\C/C=C\C/C=C\C/C=C\C/C=C\C/C=C\C/C=C\CCCCCC(=O)OC(CO)COC(=O)CCCCCCCCCCCCCCCCCCCCCCCCCCC/C=C\CCCCCCCCCC. The van der Waals surface area contributed by atoms with E-state index in [1.54, 1.807) is 0 Å². The maximum Gasteiger partial charge on any atom is 0.306 e. The van der Waals surface area contributed by atoms with E-state index < -0.39 is 6.10 Å². The predicted octanol–water partition coefficient (Wildman–Crippen LogP) is 24.5. The fourth-order valence-electron chi connectivity index (χ4n) is 10.0. The van der Waals surface area contributed by atoms with Crippen LogP contribution in [0, 0.1) is 0 Å². The molecular formula is C77H132O5. The summed E-state index contributed by atoms with van der Waals surface area (Å²) >= 11 is 0. The summed E-state index contributed by atoms with van der Waals surface area (Å²) < 4.78 is 10.7. The van der Waals surface area contributed by atoms with Crippen LogP contribution in [-0.2, 0) is 19.1 Å². The van der Waals surface area contributed by atoms with Gasteiger partial charge >= 0.3 is 11.9 Å². The Morgan fingerprint density at radius 1 is 0.293 bits per heavy atom. The Morgan fingerprint density at radius 2 is 0.524 bits per heavy atom. The molecule has 0 aromatic carbocycles. The summed E-state index contributed by atoms with van der Waals surface area (Å²) in [4.78, 5) is 24.6. The number of rotatable bonds is 64. The highest BCUT2D eigenvalue weighted by molar-refractivity contribution is 5.70. The third-order valence-corrected chi connectivity index (χ3v) is 15.2. The third-order valence-electron chi connectivity index (χ3n) is 15.2. The van der Waals surface area contributed by atoms with Gasteiger partial charge in [0.15, 0.2) is 6.10 Å². The standard InChI is InChI=1S/C77H132O5/c1-3-5-7-9-11-13-15-17-19-21-23-25-27-29-31-33-35-36-37-38-39-40-42-43-45-47-49-51-53-55-57-59-61-63-65-67-69-71-76(79)81-74-75(73-78)82-77(80)72-70-68-66-64-62-60-58-56-54-52-50-48-46-44-41-34-32-30-28-26-24-22-20-18-16-14-12-10-8-6-4-2/h6,8,12,14,18,20-21,23-24,26,30,32,41,44,48,50,54,56,60,62,75,78H,3-5,7,9-11,13,15-17,19,22,25,27-29,31,33-40,42-43,45-47,49,51-53,55,57-59,61,63-74H2,1-2H3/b8-6-,14-12-,20-18-,23-21-,26-24-,32-30-,44-41-,50-48-,56-54-,62-60-. The van der Waals surface area contributed by atoms with E-state index in [-0.39, 0.29) is 25.2 Å². The summed E-state index contributed by atoms with van der Waals surface area (Å²) in [5.74, 6) is -0.624. The normalized spacial score (nSPS) is 13.0. The monoisotopic (exact) mass is 1140 g/mol. The number of ether oxygens (including phenoxy) is 2. The number of esters is 2. The minimum atomic E-state index is -0.799. The van der Waals surface area contributed by atoms with Crippen LogP contribution in [0.15, 0.2) is 122 Å². The first-order chi connectivity index (χ1) is 40.6. The lowest BCUT2D eigenvalue weighted by Crippen LogP contribution is -2.28. The maximum absolute atomic E-state index is 12.3. The van der Waals surface area contributed by atoms with Crippen molar-refractivity contribution in [3.05, 3.63) is 122 Å². The van der Waals surface area contributed by atoms with Gasteiger partial charge in [-0.05, 0) is 109 Å². The second kappa shape index (κ2) is 71.6. The van der Waals surface area contributed by atoms with Crippen molar-refractivity contribution in [2.45, 2.75) is 341 Å². The van der Waals surface area contributed by atoms with Gasteiger partial charge < -0.3 is 14.6 Å². The zero-order chi connectivity index (χ0) is 59.1. The number of hydrogen-bond acceptors (Lipinski definition) is 5. The van der Waals surface area contributed by atoms with E-state index >= 15 is 0 Å². The molecule has 1 unspecified atom stereocenters. The molecule has 82 heavy (non-hydrogen) atoms. The summed E-state index contributed by atoms with van der Waals surface area (Å²) in [6, 6.07) is 0. The van der Waals surface area contributed by atoms with E-state index in [4.69, 9.17) is 9.47 Å². The molecule has 1 atom stereocenters. The number of carbonyl (C=O) groups is 2. The van der Waals surface area contributed by atoms with E-state index in [2.05, 4.69) is 135 Å². The van der Waals surface area contributed by atoms with Crippen molar-refractivity contribution in [3.8, 4) is 0 Å². The summed E-state index contributed by atoms with van der Waals surface area (Å²) in [5.41, 5.74) is 0. The van der Waals surface area contributed by atoms with E-state index in [0.29, 0.717) is 12.8 Å². The van der Waals surface area contributed by atoms with Gasteiger partial charge in [0.25, 0.3) is 0 Å². The van der Waals surface area contributed by atoms with Crippen LogP contribution in [0.5, 0.6) is 0 Å².